The first-order valence-electron chi connectivity index (χ1n) is 7.29. The van der Waals surface area contributed by atoms with Gasteiger partial charge in [-0.2, -0.15) is 19.6 Å². The second kappa shape index (κ2) is 5.42. The third-order valence-electron chi connectivity index (χ3n) is 4.38. The lowest BCUT2D eigenvalue weighted by Gasteiger charge is -2.40. The molecule has 1 fully saturated rings. The van der Waals surface area contributed by atoms with Gasteiger partial charge in [0.2, 0.25) is 0 Å². The first-order valence-corrected chi connectivity index (χ1v) is 7.67. The van der Waals surface area contributed by atoms with Gasteiger partial charge in [-0.25, -0.2) is 0 Å². The molecule has 2 unspecified atom stereocenters. The zero-order valence-electron chi connectivity index (χ0n) is 12.3. The van der Waals surface area contributed by atoms with Gasteiger partial charge in [0.05, 0.1) is 12.1 Å². The highest BCUT2D eigenvalue weighted by Gasteiger charge is 2.35. The average Bonchev–Trinajstić information content (AvgIpc) is 2.92. The number of hydrogen-bond acceptors (Lipinski definition) is 5. The van der Waals surface area contributed by atoms with Crippen molar-refractivity contribution in [2.24, 2.45) is 5.92 Å². The highest BCUT2D eigenvalue weighted by Crippen LogP contribution is 2.36. The van der Waals surface area contributed by atoms with Gasteiger partial charge < -0.3 is 10.4 Å². The van der Waals surface area contributed by atoms with Gasteiger partial charge in [0.25, 0.3) is 5.78 Å². The van der Waals surface area contributed by atoms with Crippen LogP contribution in [-0.2, 0) is 0 Å². The number of hydrogen-bond donors (Lipinski definition) is 2. The number of halogens is 1. The van der Waals surface area contributed by atoms with Crippen molar-refractivity contribution in [2.75, 3.05) is 11.9 Å². The first kappa shape index (κ1) is 14.5. The number of nitrogens with zero attached hydrogens (tertiary/aromatic N) is 4. The van der Waals surface area contributed by atoms with E-state index < -0.39 is 0 Å². The molecule has 0 aromatic carbocycles. The number of fused-ring (bicyclic) bond motifs is 1. The number of aliphatic hydroxyl groups is 1. The number of rotatable bonds is 3. The van der Waals surface area contributed by atoms with Crippen molar-refractivity contribution in [2.45, 2.75) is 45.1 Å². The minimum Gasteiger partial charge on any atom is -0.394 e. The Bertz CT molecular complexity index is 658. The summed E-state index contributed by atoms with van der Waals surface area (Å²) in [5.41, 5.74) is 0.493. The Labute approximate surface area is 128 Å². The number of aliphatic hydroxyl groups excluding tert-OH is 1. The highest BCUT2D eigenvalue weighted by atomic mass is 35.5. The summed E-state index contributed by atoms with van der Waals surface area (Å²) in [5, 5.41) is 18.1. The van der Waals surface area contributed by atoms with Gasteiger partial charge in [0, 0.05) is 5.56 Å². The number of aromatic nitrogens is 4. The summed E-state index contributed by atoms with van der Waals surface area (Å²) >= 11 is 6.19. The standard InChI is InChI=1S/C14H20ClN5O/c1-9-4-3-5-14(6-9,7-21)19-12-10(2)11(15)18-13-16-8-17-20(12)13/h8-9,19,21H,3-7H2,1-2H3. The molecule has 0 saturated heterocycles. The summed E-state index contributed by atoms with van der Waals surface area (Å²) < 4.78 is 1.65. The maximum absolute atomic E-state index is 9.95. The van der Waals surface area contributed by atoms with Crippen molar-refractivity contribution in [3.05, 3.63) is 17.0 Å². The third kappa shape index (κ3) is 2.58. The van der Waals surface area contributed by atoms with E-state index in [1.807, 2.05) is 6.92 Å². The zero-order valence-corrected chi connectivity index (χ0v) is 13.1. The van der Waals surface area contributed by atoms with Gasteiger partial charge in [0.15, 0.2) is 0 Å². The molecule has 0 aliphatic heterocycles. The van der Waals surface area contributed by atoms with E-state index in [2.05, 4.69) is 27.3 Å². The monoisotopic (exact) mass is 309 g/mol. The van der Waals surface area contributed by atoms with Crippen LogP contribution < -0.4 is 5.32 Å². The summed E-state index contributed by atoms with van der Waals surface area (Å²) in [6, 6.07) is 0. The maximum Gasteiger partial charge on any atom is 0.255 e. The molecule has 0 radical (unpaired) electrons. The largest absolute Gasteiger partial charge is 0.394 e. The fourth-order valence-electron chi connectivity index (χ4n) is 3.25. The lowest BCUT2D eigenvalue weighted by atomic mass is 9.77. The van der Waals surface area contributed by atoms with Crippen LogP contribution in [-0.4, -0.2) is 36.8 Å². The summed E-state index contributed by atoms with van der Waals surface area (Å²) in [7, 11) is 0. The number of nitrogens with one attached hydrogen (secondary N) is 1. The van der Waals surface area contributed by atoms with Crippen LogP contribution in [0, 0.1) is 12.8 Å². The Kier molecular flexibility index (Phi) is 3.75. The Morgan fingerprint density at radius 3 is 3.10 bits per heavy atom. The van der Waals surface area contributed by atoms with E-state index in [0.717, 1.165) is 30.6 Å². The van der Waals surface area contributed by atoms with Crippen molar-refractivity contribution in [1.82, 2.24) is 19.6 Å². The van der Waals surface area contributed by atoms with E-state index >= 15 is 0 Å². The Balaban J connectivity index is 2.03. The molecule has 1 aliphatic carbocycles. The Hall–Kier alpha value is -1.40. The Morgan fingerprint density at radius 2 is 2.38 bits per heavy atom. The van der Waals surface area contributed by atoms with E-state index in [9.17, 15) is 5.11 Å². The van der Waals surface area contributed by atoms with Crippen molar-refractivity contribution >= 4 is 23.2 Å². The predicted molar refractivity (Wildman–Crippen MR) is 81.6 cm³/mol. The zero-order chi connectivity index (χ0) is 15.0. The van der Waals surface area contributed by atoms with Crippen molar-refractivity contribution in [3.8, 4) is 0 Å². The summed E-state index contributed by atoms with van der Waals surface area (Å²) in [6.45, 7) is 4.21. The smallest absolute Gasteiger partial charge is 0.255 e. The van der Waals surface area contributed by atoms with Crippen LogP contribution in [0.3, 0.4) is 0 Å². The van der Waals surface area contributed by atoms with Crippen LogP contribution >= 0.6 is 11.6 Å². The van der Waals surface area contributed by atoms with Crippen LogP contribution in [0.2, 0.25) is 5.15 Å². The summed E-state index contributed by atoms with van der Waals surface area (Å²) in [4.78, 5) is 8.30. The van der Waals surface area contributed by atoms with Crippen molar-refractivity contribution in [3.63, 3.8) is 0 Å². The molecule has 2 atom stereocenters. The van der Waals surface area contributed by atoms with Gasteiger partial charge in [-0.3, -0.25) is 0 Å². The SMILES string of the molecule is Cc1c(Cl)nc2ncnn2c1NC1(CO)CCCC(C)C1. The number of anilines is 1. The van der Waals surface area contributed by atoms with E-state index in [1.54, 1.807) is 4.52 Å². The molecule has 1 saturated carbocycles. The van der Waals surface area contributed by atoms with Gasteiger partial charge in [-0.1, -0.05) is 31.4 Å². The first-order chi connectivity index (χ1) is 10.0. The lowest BCUT2D eigenvalue weighted by molar-refractivity contribution is 0.149. The second-order valence-corrected chi connectivity index (χ2v) is 6.47. The molecular formula is C14H20ClN5O. The van der Waals surface area contributed by atoms with Crippen LogP contribution in [0.5, 0.6) is 0 Å². The van der Waals surface area contributed by atoms with Gasteiger partial charge in [-0.15, -0.1) is 0 Å². The summed E-state index contributed by atoms with van der Waals surface area (Å²) in [5.74, 6) is 1.82. The fraction of sp³-hybridized carbons (Fsp3) is 0.643. The molecule has 114 valence electrons. The quantitative estimate of drug-likeness (QED) is 0.852. The second-order valence-electron chi connectivity index (χ2n) is 6.11. The lowest BCUT2D eigenvalue weighted by Crippen LogP contribution is -2.46. The molecule has 1 aliphatic rings. The van der Waals surface area contributed by atoms with Crippen LogP contribution in [0.4, 0.5) is 5.82 Å². The van der Waals surface area contributed by atoms with Crippen LogP contribution in [0.15, 0.2) is 6.33 Å². The van der Waals surface area contributed by atoms with Crippen LogP contribution in [0.1, 0.15) is 38.2 Å². The molecule has 2 aromatic rings. The van der Waals surface area contributed by atoms with Crippen molar-refractivity contribution < 1.29 is 5.11 Å². The Morgan fingerprint density at radius 1 is 1.57 bits per heavy atom. The topological polar surface area (TPSA) is 75.3 Å². The van der Waals surface area contributed by atoms with Gasteiger partial charge >= 0.3 is 0 Å². The molecule has 7 heteroatoms. The molecule has 0 bridgehead atoms. The third-order valence-corrected chi connectivity index (χ3v) is 4.75. The molecule has 3 rings (SSSR count). The van der Waals surface area contributed by atoms with E-state index in [0.29, 0.717) is 16.8 Å². The van der Waals surface area contributed by atoms with Gasteiger partial charge in [0.1, 0.15) is 17.3 Å². The molecule has 6 nitrogen and oxygen atoms in total. The average molecular weight is 310 g/mol. The molecule has 21 heavy (non-hydrogen) atoms. The van der Waals surface area contributed by atoms with Gasteiger partial charge in [-0.05, 0) is 25.7 Å². The molecule has 2 heterocycles. The molecule has 2 N–H and O–H groups in total. The molecular weight excluding hydrogens is 290 g/mol. The molecule has 0 spiro atoms. The summed E-state index contributed by atoms with van der Waals surface area (Å²) in [6.07, 6.45) is 5.63. The van der Waals surface area contributed by atoms with E-state index in [1.165, 1.54) is 12.7 Å². The van der Waals surface area contributed by atoms with Crippen LogP contribution in [0.25, 0.3) is 5.78 Å². The minimum atomic E-state index is -0.327. The molecule has 0 amide bonds. The normalized spacial score (nSPS) is 26.2. The predicted octanol–water partition coefficient (Wildman–Crippen LogP) is 2.44. The van der Waals surface area contributed by atoms with E-state index in [-0.39, 0.29) is 12.1 Å². The van der Waals surface area contributed by atoms with E-state index in [4.69, 9.17) is 11.6 Å². The highest BCUT2D eigenvalue weighted by molar-refractivity contribution is 6.30. The van der Waals surface area contributed by atoms with Crippen molar-refractivity contribution in [1.29, 1.82) is 0 Å². The minimum absolute atomic E-state index is 0.0902. The fourth-order valence-corrected chi connectivity index (χ4v) is 3.42. The maximum atomic E-state index is 9.95. The molecule has 2 aromatic heterocycles.